The minimum Gasteiger partial charge on any atom is -0.329 e. The highest BCUT2D eigenvalue weighted by Gasteiger charge is 2.41. The fourth-order valence-electron chi connectivity index (χ4n) is 4.83. The summed E-state index contributed by atoms with van der Waals surface area (Å²) in [6.45, 7) is 13.0. The molecule has 1 saturated heterocycles. The SMILES string of the molecule is CC(C)CC1CCCC(CN)(N2CCCC(C)(C)CC2)C1. The van der Waals surface area contributed by atoms with E-state index in [4.69, 9.17) is 5.73 Å². The lowest BCUT2D eigenvalue weighted by Gasteiger charge is -2.48. The number of hydrogen-bond donors (Lipinski definition) is 1. The van der Waals surface area contributed by atoms with Crippen molar-refractivity contribution in [2.75, 3.05) is 19.6 Å². The molecule has 2 aliphatic rings. The molecule has 2 unspecified atom stereocenters. The molecule has 2 nitrogen and oxygen atoms in total. The van der Waals surface area contributed by atoms with E-state index in [-0.39, 0.29) is 0 Å². The summed E-state index contributed by atoms with van der Waals surface area (Å²) in [6, 6.07) is 0. The second-order valence-electron chi connectivity index (χ2n) is 9.03. The van der Waals surface area contributed by atoms with Gasteiger partial charge in [-0.3, -0.25) is 4.90 Å². The van der Waals surface area contributed by atoms with Crippen molar-refractivity contribution in [3.05, 3.63) is 0 Å². The van der Waals surface area contributed by atoms with Gasteiger partial charge in [-0.25, -0.2) is 0 Å². The molecule has 0 aromatic heterocycles. The Labute approximate surface area is 132 Å². The van der Waals surface area contributed by atoms with E-state index in [0.29, 0.717) is 11.0 Å². The lowest BCUT2D eigenvalue weighted by Crippen LogP contribution is -2.56. The van der Waals surface area contributed by atoms with Crippen LogP contribution in [0.3, 0.4) is 0 Å². The van der Waals surface area contributed by atoms with Gasteiger partial charge in [0.25, 0.3) is 0 Å². The Morgan fingerprint density at radius 3 is 2.52 bits per heavy atom. The van der Waals surface area contributed by atoms with E-state index in [9.17, 15) is 0 Å². The van der Waals surface area contributed by atoms with Gasteiger partial charge in [0.15, 0.2) is 0 Å². The third-order valence-corrected chi connectivity index (χ3v) is 6.12. The highest BCUT2D eigenvalue weighted by Crippen LogP contribution is 2.41. The van der Waals surface area contributed by atoms with Crippen LogP contribution in [0.15, 0.2) is 0 Å². The predicted molar refractivity (Wildman–Crippen MR) is 92.4 cm³/mol. The van der Waals surface area contributed by atoms with Crippen molar-refractivity contribution in [2.24, 2.45) is 23.0 Å². The molecule has 0 aromatic rings. The quantitative estimate of drug-likeness (QED) is 0.831. The van der Waals surface area contributed by atoms with Crippen LogP contribution in [0, 0.1) is 17.3 Å². The van der Waals surface area contributed by atoms with E-state index in [1.54, 1.807) is 0 Å². The van der Waals surface area contributed by atoms with Gasteiger partial charge in [0.05, 0.1) is 0 Å². The Bertz CT molecular complexity index is 324. The van der Waals surface area contributed by atoms with Crippen LogP contribution in [0.2, 0.25) is 0 Å². The highest BCUT2D eigenvalue weighted by atomic mass is 15.2. The first-order valence-electron chi connectivity index (χ1n) is 9.32. The molecular formula is C19H38N2. The molecule has 0 radical (unpaired) electrons. The van der Waals surface area contributed by atoms with Crippen LogP contribution in [0.4, 0.5) is 0 Å². The average molecular weight is 295 g/mol. The highest BCUT2D eigenvalue weighted by molar-refractivity contribution is 4.98. The maximum absolute atomic E-state index is 6.34. The Morgan fingerprint density at radius 2 is 1.86 bits per heavy atom. The molecule has 0 spiro atoms. The summed E-state index contributed by atoms with van der Waals surface area (Å²) >= 11 is 0. The van der Waals surface area contributed by atoms with Crippen LogP contribution >= 0.6 is 0 Å². The third kappa shape index (κ3) is 4.45. The summed E-state index contributed by atoms with van der Waals surface area (Å²) < 4.78 is 0. The molecule has 1 heterocycles. The van der Waals surface area contributed by atoms with Gasteiger partial charge in [0.2, 0.25) is 0 Å². The zero-order valence-corrected chi connectivity index (χ0v) is 15.0. The van der Waals surface area contributed by atoms with E-state index < -0.39 is 0 Å². The van der Waals surface area contributed by atoms with Crippen LogP contribution in [0.1, 0.15) is 79.1 Å². The molecule has 0 aromatic carbocycles. The molecule has 124 valence electrons. The van der Waals surface area contributed by atoms with Crippen molar-refractivity contribution >= 4 is 0 Å². The average Bonchev–Trinajstić information content (AvgIpc) is 2.59. The Hall–Kier alpha value is -0.0800. The van der Waals surface area contributed by atoms with Crippen LogP contribution in [0.5, 0.6) is 0 Å². The van der Waals surface area contributed by atoms with Crippen LogP contribution in [0.25, 0.3) is 0 Å². The number of rotatable bonds is 4. The summed E-state index contributed by atoms with van der Waals surface area (Å²) in [7, 11) is 0. The van der Waals surface area contributed by atoms with Crippen LogP contribution < -0.4 is 5.73 Å². The number of hydrogen-bond acceptors (Lipinski definition) is 2. The van der Waals surface area contributed by atoms with Gasteiger partial charge in [-0.2, -0.15) is 0 Å². The summed E-state index contributed by atoms with van der Waals surface area (Å²) in [5.74, 6) is 1.73. The smallest absolute Gasteiger partial charge is 0.0334 e. The van der Waals surface area contributed by atoms with E-state index in [1.807, 2.05) is 0 Å². The third-order valence-electron chi connectivity index (χ3n) is 6.12. The maximum atomic E-state index is 6.34. The Balaban J connectivity index is 2.05. The lowest BCUT2D eigenvalue weighted by molar-refractivity contribution is 0.0318. The largest absolute Gasteiger partial charge is 0.329 e. The zero-order valence-electron chi connectivity index (χ0n) is 15.0. The van der Waals surface area contributed by atoms with Crippen molar-refractivity contribution in [1.82, 2.24) is 4.90 Å². The summed E-state index contributed by atoms with van der Waals surface area (Å²) in [5.41, 5.74) is 7.18. The molecule has 0 amide bonds. The lowest BCUT2D eigenvalue weighted by atomic mass is 9.72. The second kappa shape index (κ2) is 7.00. The molecule has 2 atom stereocenters. The fraction of sp³-hybridized carbons (Fsp3) is 1.00. The van der Waals surface area contributed by atoms with Crippen molar-refractivity contribution in [2.45, 2.75) is 84.6 Å². The van der Waals surface area contributed by atoms with Crippen molar-refractivity contribution in [1.29, 1.82) is 0 Å². The van der Waals surface area contributed by atoms with Gasteiger partial charge in [0.1, 0.15) is 0 Å². The monoisotopic (exact) mass is 294 g/mol. The number of likely N-dealkylation sites (tertiary alicyclic amines) is 1. The Morgan fingerprint density at radius 1 is 1.10 bits per heavy atom. The first-order valence-corrected chi connectivity index (χ1v) is 9.32. The molecule has 2 N–H and O–H groups in total. The van der Waals surface area contributed by atoms with E-state index >= 15 is 0 Å². The van der Waals surface area contributed by atoms with E-state index in [2.05, 4.69) is 32.6 Å². The van der Waals surface area contributed by atoms with Crippen LogP contribution in [-0.4, -0.2) is 30.1 Å². The normalized spacial score (nSPS) is 34.9. The number of nitrogens with two attached hydrogens (primary N) is 1. The first kappa shape index (κ1) is 17.3. The van der Waals surface area contributed by atoms with Crippen molar-refractivity contribution in [3.63, 3.8) is 0 Å². The van der Waals surface area contributed by atoms with E-state index in [1.165, 1.54) is 64.5 Å². The van der Waals surface area contributed by atoms with Gasteiger partial charge in [-0.15, -0.1) is 0 Å². The van der Waals surface area contributed by atoms with Gasteiger partial charge in [-0.1, -0.05) is 40.5 Å². The molecular weight excluding hydrogens is 256 g/mol. The van der Waals surface area contributed by atoms with Crippen molar-refractivity contribution in [3.8, 4) is 0 Å². The molecule has 1 saturated carbocycles. The van der Waals surface area contributed by atoms with Gasteiger partial charge < -0.3 is 5.73 Å². The maximum Gasteiger partial charge on any atom is 0.0334 e. The molecule has 1 aliphatic carbocycles. The van der Waals surface area contributed by atoms with Crippen LogP contribution in [-0.2, 0) is 0 Å². The molecule has 2 heteroatoms. The minimum atomic E-state index is 0.318. The van der Waals surface area contributed by atoms with Crippen molar-refractivity contribution < 1.29 is 0 Å². The van der Waals surface area contributed by atoms with Gasteiger partial charge in [-0.05, 0) is 68.9 Å². The topological polar surface area (TPSA) is 29.3 Å². The molecule has 21 heavy (non-hydrogen) atoms. The molecule has 2 fully saturated rings. The molecule has 0 bridgehead atoms. The Kier molecular flexibility index (Phi) is 5.76. The zero-order chi connectivity index (χ0) is 15.5. The predicted octanol–water partition coefficient (Wildman–Crippen LogP) is 4.43. The van der Waals surface area contributed by atoms with E-state index in [0.717, 1.165) is 18.4 Å². The summed E-state index contributed by atoms with van der Waals surface area (Å²) in [5, 5.41) is 0. The fourth-order valence-corrected chi connectivity index (χ4v) is 4.83. The first-order chi connectivity index (χ1) is 9.87. The van der Waals surface area contributed by atoms with Gasteiger partial charge >= 0.3 is 0 Å². The summed E-state index contributed by atoms with van der Waals surface area (Å²) in [6.07, 6.45) is 10.9. The minimum absolute atomic E-state index is 0.318. The summed E-state index contributed by atoms with van der Waals surface area (Å²) in [4.78, 5) is 2.80. The molecule has 2 rings (SSSR count). The standard InChI is InChI=1S/C19H38N2/c1-16(2)13-17-7-5-9-19(14-17,15-20)21-11-6-8-18(3,4)10-12-21/h16-17H,5-15,20H2,1-4H3. The van der Waals surface area contributed by atoms with Gasteiger partial charge in [0, 0.05) is 12.1 Å². The second-order valence-corrected chi connectivity index (χ2v) is 9.03. The number of nitrogens with zero attached hydrogens (tertiary/aromatic N) is 1. The molecule has 1 aliphatic heterocycles.